The molecule has 46 heavy (non-hydrogen) atoms. The van der Waals surface area contributed by atoms with Crippen molar-refractivity contribution in [2.24, 2.45) is 16.1 Å². The number of rotatable bonds is 16. The predicted octanol–water partition coefficient (Wildman–Crippen LogP) is 8.20. The van der Waals surface area contributed by atoms with Crippen LogP contribution in [-0.4, -0.2) is 46.3 Å². The number of nitrogens with zero attached hydrogens (tertiary/aromatic N) is 2. The summed E-state index contributed by atoms with van der Waals surface area (Å²) in [7, 11) is 4.55. The maximum Gasteiger partial charge on any atom is 0.347 e. The van der Waals surface area contributed by atoms with Crippen LogP contribution in [0.1, 0.15) is 34.1 Å². The number of ether oxygens (including phenoxy) is 6. The highest BCUT2D eigenvalue weighted by Gasteiger charge is 2.16. The lowest BCUT2D eigenvalue weighted by Crippen LogP contribution is -2.19. The first-order valence-electron chi connectivity index (χ1n) is 14.4. The van der Waals surface area contributed by atoms with Crippen molar-refractivity contribution in [2.75, 3.05) is 34.5 Å². The van der Waals surface area contributed by atoms with Crippen LogP contribution >= 0.6 is 0 Å². The van der Waals surface area contributed by atoms with Crippen LogP contribution in [-0.2, 0) is 0 Å². The third-order valence-electron chi connectivity index (χ3n) is 6.82. The molecule has 0 spiro atoms. The Morgan fingerprint density at radius 1 is 0.674 bits per heavy atom. The summed E-state index contributed by atoms with van der Waals surface area (Å²) in [5.41, 5.74) is 1.62. The molecule has 10 heteroatoms. The monoisotopic (exact) mass is 624 g/mol. The molecule has 4 aromatic rings. The second kappa shape index (κ2) is 16.4. The molecule has 4 rings (SSSR count). The van der Waals surface area contributed by atoms with Gasteiger partial charge in [-0.05, 0) is 86.1 Å². The number of benzene rings is 4. The second-order valence-electron chi connectivity index (χ2n) is 10.1. The predicted molar refractivity (Wildman–Crippen MR) is 174 cm³/mol. The van der Waals surface area contributed by atoms with Crippen LogP contribution < -0.4 is 28.4 Å². The molecule has 0 fully saturated rings. The molecule has 1 atom stereocenters. The first kappa shape index (κ1) is 33.3. The molecule has 0 amide bonds. The maximum atomic E-state index is 13.0. The van der Waals surface area contributed by atoms with Gasteiger partial charge in [0.05, 0.1) is 51.5 Å². The lowest BCUT2D eigenvalue weighted by molar-refractivity contribution is 0.0730. The summed E-state index contributed by atoms with van der Waals surface area (Å²) in [4.78, 5) is 24.7. The summed E-state index contributed by atoms with van der Waals surface area (Å²) in [6.07, 6.45) is 2.56. The van der Waals surface area contributed by atoms with Crippen molar-refractivity contribution in [3.05, 3.63) is 109 Å². The van der Waals surface area contributed by atoms with Gasteiger partial charge < -0.3 is 28.4 Å². The fraction of sp³-hybridized carbons (Fsp3) is 0.222. The van der Waals surface area contributed by atoms with E-state index in [1.807, 2.05) is 30.3 Å². The highest BCUT2D eigenvalue weighted by Crippen LogP contribution is 2.30. The van der Waals surface area contributed by atoms with Gasteiger partial charge in [-0.2, -0.15) is 10.2 Å². The molecule has 10 nitrogen and oxygen atoms in total. The SMILES string of the molecule is C=CCC(COc1ccc(OC)cc1)COc1ccc(OC(=O)c2ccc(N=Nc3ccc(C(C)=O)c(OC)c3)cc2OC)cc1. The molecule has 0 aromatic heterocycles. The van der Waals surface area contributed by atoms with Crippen molar-refractivity contribution >= 4 is 23.1 Å². The van der Waals surface area contributed by atoms with E-state index in [1.54, 1.807) is 67.8 Å². The van der Waals surface area contributed by atoms with E-state index in [9.17, 15) is 9.59 Å². The summed E-state index contributed by atoms with van der Waals surface area (Å²) < 4.78 is 33.4. The number of azo groups is 1. The number of esters is 1. The van der Waals surface area contributed by atoms with Crippen LogP contribution in [0.3, 0.4) is 0 Å². The first-order valence-corrected chi connectivity index (χ1v) is 14.4. The molecular weight excluding hydrogens is 588 g/mol. The van der Waals surface area contributed by atoms with Gasteiger partial charge in [0, 0.05) is 18.1 Å². The van der Waals surface area contributed by atoms with Crippen LogP contribution in [0, 0.1) is 5.92 Å². The highest BCUT2D eigenvalue weighted by molar-refractivity contribution is 5.97. The van der Waals surface area contributed by atoms with E-state index in [-0.39, 0.29) is 23.0 Å². The quantitative estimate of drug-likeness (QED) is 0.0403. The van der Waals surface area contributed by atoms with Crippen molar-refractivity contribution in [3.63, 3.8) is 0 Å². The number of Topliss-reactive ketones (excluding diaryl/α,β-unsaturated/α-hetero) is 1. The fourth-order valence-electron chi connectivity index (χ4n) is 4.35. The number of allylic oxidation sites excluding steroid dienone is 1. The zero-order valence-corrected chi connectivity index (χ0v) is 26.2. The summed E-state index contributed by atoms with van der Waals surface area (Å²) in [6, 6.07) is 23.9. The lowest BCUT2D eigenvalue weighted by atomic mass is 10.1. The summed E-state index contributed by atoms with van der Waals surface area (Å²) in [5.74, 6) is 2.54. The van der Waals surface area contributed by atoms with Crippen LogP contribution in [0.2, 0.25) is 0 Å². The Kier molecular flexibility index (Phi) is 11.9. The van der Waals surface area contributed by atoms with Crippen LogP contribution in [0.15, 0.2) is 108 Å². The minimum atomic E-state index is -0.597. The van der Waals surface area contributed by atoms with Crippen molar-refractivity contribution in [2.45, 2.75) is 13.3 Å². The van der Waals surface area contributed by atoms with Gasteiger partial charge in [0.25, 0.3) is 0 Å². The highest BCUT2D eigenvalue weighted by atomic mass is 16.5. The van der Waals surface area contributed by atoms with Gasteiger partial charge in [-0.25, -0.2) is 4.79 Å². The second-order valence-corrected chi connectivity index (χ2v) is 10.1. The Morgan fingerprint density at radius 3 is 1.63 bits per heavy atom. The molecule has 0 saturated carbocycles. The summed E-state index contributed by atoms with van der Waals surface area (Å²) >= 11 is 0. The number of carbonyl (C=O) groups is 2. The van der Waals surface area contributed by atoms with E-state index in [2.05, 4.69) is 16.8 Å². The minimum Gasteiger partial charge on any atom is -0.497 e. The van der Waals surface area contributed by atoms with Crippen molar-refractivity contribution < 1.29 is 38.0 Å². The number of hydrogen-bond acceptors (Lipinski definition) is 10. The molecule has 0 radical (unpaired) electrons. The van der Waals surface area contributed by atoms with E-state index in [1.165, 1.54) is 21.1 Å². The molecule has 1 unspecified atom stereocenters. The Hall–Kier alpha value is -5.64. The van der Waals surface area contributed by atoms with Crippen LogP contribution in [0.25, 0.3) is 0 Å². The molecule has 238 valence electrons. The van der Waals surface area contributed by atoms with E-state index in [0.717, 1.165) is 17.9 Å². The normalized spacial score (nSPS) is 11.4. The minimum absolute atomic E-state index is 0.0854. The van der Waals surface area contributed by atoms with Crippen LogP contribution in [0.5, 0.6) is 34.5 Å². The van der Waals surface area contributed by atoms with Gasteiger partial charge in [-0.15, -0.1) is 6.58 Å². The molecular formula is C36H36N2O8. The molecule has 0 aliphatic carbocycles. The van der Waals surface area contributed by atoms with Gasteiger partial charge in [0.15, 0.2) is 5.78 Å². The molecule has 0 N–H and O–H groups in total. The third kappa shape index (κ3) is 9.18. The summed E-state index contributed by atoms with van der Waals surface area (Å²) in [5, 5.41) is 8.44. The van der Waals surface area contributed by atoms with Gasteiger partial charge in [-0.1, -0.05) is 6.08 Å². The van der Waals surface area contributed by atoms with E-state index in [4.69, 9.17) is 28.4 Å². The fourth-order valence-corrected chi connectivity index (χ4v) is 4.35. The topological polar surface area (TPSA) is 114 Å². The Balaban J connectivity index is 1.33. The first-order chi connectivity index (χ1) is 22.3. The van der Waals surface area contributed by atoms with Gasteiger partial charge in [-0.3, -0.25) is 4.79 Å². The van der Waals surface area contributed by atoms with E-state index < -0.39 is 5.97 Å². The summed E-state index contributed by atoms with van der Waals surface area (Å²) in [6.45, 7) is 6.18. The van der Waals surface area contributed by atoms with Gasteiger partial charge in [0.2, 0.25) is 0 Å². The van der Waals surface area contributed by atoms with E-state index in [0.29, 0.717) is 47.4 Å². The van der Waals surface area contributed by atoms with Crippen molar-refractivity contribution in [1.29, 1.82) is 0 Å². The average Bonchev–Trinajstić information content (AvgIpc) is 3.08. The maximum absolute atomic E-state index is 13.0. The van der Waals surface area contributed by atoms with Crippen LogP contribution in [0.4, 0.5) is 11.4 Å². The molecule has 0 aliphatic rings. The number of carbonyl (C=O) groups excluding carboxylic acids is 2. The smallest absolute Gasteiger partial charge is 0.347 e. The Morgan fingerprint density at radius 2 is 1.15 bits per heavy atom. The van der Waals surface area contributed by atoms with Crippen molar-refractivity contribution in [1.82, 2.24) is 0 Å². The standard InChI is InChI=1S/C36H36N2O8/c1-6-7-25(22-44-29-12-10-28(41-3)11-13-29)23-45-30-14-16-31(17-15-30)46-36(40)33-19-9-27(21-35(33)43-5)38-37-26-8-18-32(24(2)39)34(20-26)42-4/h6,8-21,25H,1,7,22-23H2,2-5H3. The number of methoxy groups -OCH3 is 3. The average molecular weight is 625 g/mol. The third-order valence-corrected chi connectivity index (χ3v) is 6.82. The molecule has 0 heterocycles. The molecule has 0 saturated heterocycles. The van der Waals surface area contributed by atoms with Gasteiger partial charge in [0.1, 0.15) is 40.1 Å². The zero-order valence-electron chi connectivity index (χ0n) is 26.2. The van der Waals surface area contributed by atoms with Crippen molar-refractivity contribution in [3.8, 4) is 34.5 Å². The number of hydrogen-bond donors (Lipinski definition) is 0. The zero-order chi connectivity index (χ0) is 32.9. The Labute approximate surface area is 268 Å². The van der Waals surface area contributed by atoms with E-state index >= 15 is 0 Å². The molecule has 4 aromatic carbocycles. The lowest BCUT2D eigenvalue weighted by Gasteiger charge is -2.17. The molecule has 0 bridgehead atoms. The van der Waals surface area contributed by atoms with Gasteiger partial charge >= 0.3 is 5.97 Å². The number of ketones is 1. The molecule has 0 aliphatic heterocycles. The Bertz CT molecular complexity index is 1670. The largest absolute Gasteiger partial charge is 0.497 e.